The zero-order chi connectivity index (χ0) is 18.4. The summed E-state index contributed by atoms with van der Waals surface area (Å²) in [7, 11) is 1.47. The Bertz CT molecular complexity index is 742. The van der Waals surface area contributed by atoms with E-state index < -0.39 is 5.91 Å². The molecule has 1 aromatic carbocycles. The highest BCUT2D eigenvalue weighted by molar-refractivity contribution is 7.10. The normalized spacial score (nSPS) is 11.0. The molecule has 0 aliphatic heterocycles. The molecule has 0 saturated heterocycles. The minimum atomic E-state index is -0.584. The van der Waals surface area contributed by atoms with Gasteiger partial charge < -0.3 is 20.5 Å². The Hall–Kier alpha value is -2.54. The number of amides is 2. The molecular weight excluding hydrogens is 340 g/mol. The fourth-order valence-electron chi connectivity index (χ4n) is 2.23. The van der Waals surface area contributed by atoms with E-state index in [2.05, 4.69) is 25.2 Å². The summed E-state index contributed by atoms with van der Waals surface area (Å²) in [6.45, 7) is 4.42. The smallest absolute Gasteiger partial charge is 0.255 e. The zero-order valence-corrected chi connectivity index (χ0v) is 15.3. The van der Waals surface area contributed by atoms with Crippen molar-refractivity contribution in [2.24, 2.45) is 5.73 Å². The molecule has 134 valence electrons. The van der Waals surface area contributed by atoms with E-state index >= 15 is 0 Å². The molecule has 0 saturated carbocycles. The molecule has 2 aromatic rings. The van der Waals surface area contributed by atoms with Crippen LogP contribution in [0.5, 0.6) is 11.5 Å². The number of benzene rings is 1. The van der Waals surface area contributed by atoms with E-state index in [1.807, 2.05) is 11.4 Å². The Labute approximate surface area is 150 Å². The van der Waals surface area contributed by atoms with Gasteiger partial charge in [0.25, 0.3) is 11.8 Å². The summed E-state index contributed by atoms with van der Waals surface area (Å²) in [5.41, 5.74) is 5.36. The number of hydrogen-bond donors (Lipinski definition) is 2. The van der Waals surface area contributed by atoms with Crippen molar-refractivity contribution in [1.29, 1.82) is 0 Å². The highest BCUT2D eigenvalue weighted by Gasteiger charge is 2.23. The highest BCUT2D eigenvalue weighted by atomic mass is 32.1. The van der Waals surface area contributed by atoms with Gasteiger partial charge in [0.05, 0.1) is 7.11 Å². The molecule has 0 aliphatic rings. The van der Waals surface area contributed by atoms with Gasteiger partial charge in [-0.1, -0.05) is 19.9 Å². The molecule has 2 amide bonds. The minimum Gasteiger partial charge on any atom is -0.493 e. The first kappa shape index (κ1) is 18.8. The molecule has 0 atom stereocenters. The number of rotatable bonds is 8. The maximum atomic E-state index is 12.4. The van der Waals surface area contributed by atoms with Crippen LogP contribution in [-0.2, 0) is 10.2 Å². The van der Waals surface area contributed by atoms with Crippen LogP contribution in [0.4, 0.5) is 0 Å². The Morgan fingerprint density at radius 1 is 1.24 bits per heavy atom. The second-order valence-corrected chi connectivity index (χ2v) is 7.11. The fourth-order valence-corrected chi connectivity index (χ4v) is 3.08. The van der Waals surface area contributed by atoms with Gasteiger partial charge in [0, 0.05) is 22.4 Å². The van der Waals surface area contributed by atoms with Crippen LogP contribution in [0.25, 0.3) is 0 Å². The van der Waals surface area contributed by atoms with Crippen molar-refractivity contribution < 1.29 is 19.1 Å². The molecule has 0 fully saturated rings. The van der Waals surface area contributed by atoms with Crippen LogP contribution in [0.1, 0.15) is 29.1 Å². The van der Waals surface area contributed by atoms with E-state index in [1.54, 1.807) is 29.5 Å². The minimum absolute atomic E-state index is 0.154. The molecular formula is C18H22N2O4S. The van der Waals surface area contributed by atoms with Crippen LogP contribution in [-0.4, -0.2) is 32.1 Å². The average molecular weight is 362 g/mol. The van der Waals surface area contributed by atoms with Gasteiger partial charge in [-0.2, -0.15) is 0 Å². The third-order valence-electron chi connectivity index (χ3n) is 3.67. The van der Waals surface area contributed by atoms with Crippen LogP contribution in [0, 0.1) is 0 Å². The van der Waals surface area contributed by atoms with Gasteiger partial charge >= 0.3 is 0 Å². The quantitative estimate of drug-likeness (QED) is 0.754. The van der Waals surface area contributed by atoms with E-state index in [-0.39, 0.29) is 17.9 Å². The van der Waals surface area contributed by atoms with Crippen molar-refractivity contribution in [3.8, 4) is 11.5 Å². The second-order valence-electron chi connectivity index (χ2n) is 6.16. The third kappa shape index (κ3) is 4.96. The van der Waals surface area contributed by atoms with E-state index in [1.165, 1.54) is 12.0 Å². The molecule has 1 heterocycles. The fraction of sp³-hybridized carbons (Fsp3) is 0.333. The summed E-state index contributed by atoms with van der Waals surface area (Å²) in [5.74, 6) is -0.0627. The zero-order valence-electron chi connectivity index (χ0n) is 14.5. The van der Waals surface area contributed by atoms with Crippen LogP contribution in [0.3, 0.4) is 0 Å². The monoisotopic (exact) mass is 362 g/mol. The summed E-state index contributed by atoms with van der Waals surface area (Å²) in [4.78, 5) is 24.5. The number of methoxy groups -OCH3 is 1. The molecule has 7 heteroatoms. The predicted molar refractivity (Wildman–Crippen MR) is 97.4 cm³/mol. The first-order valence-electron chi connectivity index (χ1n) is 7.75. The van der Waals surface area contributed by atoms with Crippen molar-refractivity contribution in [3.63, 3.8) is 0 Å². The molecule has 0 unspecified atom stereocenters. The number of hydrogen-bond acceptors (Lipinski definition) is 5. The first-order chi connectivity index (χ1) is 11.8. The maximum absolute atomic E-state index is 12.4. The Morgan fingerprint density at radius 3 is 2.60 bits per heavy atom. The molecule has 25 heavy (non-hydrogen) atoms. The number of nitrogens with one attached hydrogen (secondary N) is 1. The lowest BCUT2D eigenvalue weighted by atomic mass is 9.91. The third-order valence-corrected chi connectivity index (χ3v) is 4.91. The lowest BCUT2D eigenvalue weighted by Crippen LogP contribution is -2.36. The van der Waals surface area contributed by atoms with E-state index in [0.717, 1.165) is 0 Å². The average Bonchev–Trinajstić information content (AvgIpc) is 3.13. The van der Waals surface area contributed by atoms with Crippen LogP contribution in [0.15, 0.2) is 35.7 Å². The highest BCUT2D eigenvalue weighted by Crippen LogP contribution is 2.29. The number of carbonyl (C=O) groups is 2. The van der Waals surface area contributed by atoms with Gasteiger partial charge in [0.2, 0.25) is 0 Å². The van der Waals surface area contributed by atoms with Crippen molar-refractivity contribution in [1.82, 2.24) is 5.32 Å². The summed E-state index contributed by atoms with van der Waals surface area (Å²) < 4.78 is 10.5. The molecule has 6 nitrogen and oxygen atoms in total. The van der Waals surface area contributed by atoms with Gasteiger partial charge in [-0.05, 0) is 29.6 Å². The van der Waals surface area contributed by atoms with Gasteiger partial charge in [-0.15, -0.1) is 11.3 Å². The Kier molecular flexibility index (Phi) is 6.03. The Balaban J connectivity index is 2.05. The predicted octanol–water partition coefficient (Wildman–Crippen LogP) is 2.33. The van der Waals surface area contributed by atoms with Crippen molar-refractivity contribution >= 4 is 23.2 Å². The van der Waals surface area contributed by atoms with Crippen LogP contribution < -0.4 is 20.5 Å². The molecule has 3 N–H and O–H groups in total. The van der Waals surface area contributed by atoms with Crippen molar-refractivity contribution in [2.45, 2.75) is 19.3 Å². The number of ether oxygens (including phenoxy) is 2. The first-order valence-corrected chi connectivity index (χ1v) is 8.63. The number of carbonyl (C=O) groups excluding carboxylic acids is 2. The van der Waals surface area contributed by atoms with E-state index in [4.69, 9.17) is 15.2 Å². The maximum Gasteiger partial charge on any atom is 0.255 e. The van der Waals surface area contributed by atoms with Crippen LogP contribution >= 0.6 is 11.3 Å². The molecule has 0 bridgehead atoms. The van der Waals surface area contributed by atoms with Gasteiger partial charge in [-0.3, -0.25) is 9.59 Å². The largest absolute Gasteiger partial charge is 0.493 e. The molecule has 0 radical (unpaired) electrons. The van der Waals surface area contributed by atoms with E-state index in [9.17, 15) is 9.59 Å². The summed E-state index contributed by atoms with van der Waals surface area (Å²) >= 11 is 1.67. The molecule has 1 aromatic heterocycles. The molecule has 2 rings (SSSR count). The summed E-state index contributed by atoms with van der Waals surface area (Å²) in [6, 6.07) is 8.83. The molecule has 0 aliphatic carbocycles. The number of primary amides is 1. The Morgan fingerprint density at radius 2 is 2.00 bits per heavy atom. The van der Waals surface area contributed by atoms with Crippen molar-refractivity contribution in [2.75, 3.05) is 20.3 Å². The molecule has 0 spiro atoms. The topological polar surface area (TPSA) is 90.7 Å². The summed E-state index contributed by atoms with van der Waals surface area (Å²) in [5, 5.41) is 4.97. The number of nitrogens with two attached hydrogens (primary N) is 1. The van der Waals surface area contributed by atoms with Gasteiger partial charge in [0.15, 0.2) is 18.1 Å². The van der Waals surface area contributed by atoms with Crippen molar-refractivity contribution in [3.05, 3.63) is 46.2 Å². The van der Waals surface area contributed by atoms with Gasteiger partial charge in [-0.25, -0.2) is 0 Å². The lowest BCUT2D eigenvalue weighted by Gasteiger charge is -2.23. The standard InChI is InChI=1S/C18H22N2O4S/c1-18(2,15-5-4-8-25-15)11-20-17(22)12-6-7-13(14(9-12)23-3)24-10-16(19)21/h4-9H,10-11H2,1-3H3,(H2,19,21)(H,20,22). The second kappa shape index (κ2) is 8.02. The lowest BCUT2D eigenvalue weighted by molar-refractivity contribution is -0.119. The SMILES string of the molecule is COc1cc(C(=O)NCC(C)(C)c2cccs2)ccc1OCC(N)=O. The van der Waals surface area contributed by atoms with Crippen LogP contribution in [0.2, 0.25) is 0 Å². The van der Waals surface area contributed by atoms with Gasteiger partial charge in [0.1, 0.15) is 0 Å². The van der Waals surface area contributed by atoms with E-state index in [0.29, 0.717) is 23.6 Å². The number of thiophene rings is 1. The summed E-state index contributed by atoms with van der Waals surface area (Å²) in [6.07, 6.45) is 0.